The Morgan fingerprint density at radius 2 is 2.29 bits per heavy atom. The summed E-state index contributed by atoms with van der Waals surface area (Å²) in [6.45, 7) is 2.62. The maximum absolute atomic E-state index is 13.0. The lowest BCUT2D eigenvalue weighted by Gasteiger charge is -2.34. The Morgan fingerprint density at radius 1 is 1.57 bits per heavy atom. The maximum Gasteiger partial charge on any atom is 0.154 e. The zero-order valence-electron chi connectivity index (χ0n) is 11.8. The third kappa shape index (κ3) is 3.81. The van der Waals surface area contributed by atoms with Gasteiger partial charge in [0.1, 0.15) is 11.7 Å². The molecular formula is C16H17ClFNO2. The summed E-state index contributed by atoms with van der Waals surface area (Å²) < 4.78 is 18.5. The van der Waals surface area contributed by atoms with Gasteiger partial charge in [0.15, 0.2) is 5.78 Å². The molecule has 0 radical (unpaired) electrons. The Hall–Kier alpha value is -1.44. The van der Waals surface area contributed by atoms with Crippen molar-refractivity contribution in [1.29, 1.82) is 5.26 Å². The highest BCUT2D eigenvalue weighted by Crippen LogP contribution is 2.35. The van der Waals surface area contributed by atoms with Crippen LogP contribution in [0.1, 0.15) is 37.7 Å². The second-order valence-electron chi connectivity index (χ2n) is 5.31. The summed E-state index contributed by atoms with van der Waals surface area (Å²) in [6, 6.07) is 5.73. The molecule has 0 spiro atoms. The quantitative estimate of drug-likeness (QED) is 0.801. The number of nitrogens with zero attached hydrogens (tertiary/aromatic N) is 1. The molecule has 5 heteroatoms. The van der Waals surface area contributed by atoms with Crippen LogP contribution in [0.25, 0.3) is 0 Å². The fraction of sp³-hybridized carbons (Fsp3) is 0.500. The van der Waals surface area contributed by atoms with Crippen LogP contribution in [0.2, 0.25) is 5.02 Å². The van der Waals surface area contributed by atoms with E-state index in [0.717, 1.165) is 18.9 Å². The average Bonchev–Trinajstić information content (AvgIpc) is 2.39. The number of benzene rings is 1. The molecule has 0 aliphatic heterocycles. The number of ether oxygens (including phenoxy) is 1. The monoisotopic (exact) mass is 309 g/mol. The molecule has 112 valence electrons. The number of ketones is 1. The van der Waals surface area contributed by atoms with Gasteiger partial charge in [-0.2, -0.15) is 5.26 Å². The Kier molecular flexibility index (Phi) is 5.33. The van der Waals surface area contributed by atoms with Gasteiger partial charge in [-0.05, 0) is 43.4 Å². The molecule has 2 rings (SSSR count). The number of Topliss-reactive ketones (excluding diaryl/α,β-unsaturated/α-hetero) is 1. The van der Waals surface area contributed by atoms with E-state index in [2.05, 4.69) is 0 Å². The van der Waals surface area contributed by atoms with E-state index in [1.54, 1.807) is 0 Å². The molecular weight excluding hydrogens is 293 g/mol. The Morgan fingerprint density at radius 3 is 2.86 bits per heavy atom. The topological polar surface area (TPSA) is 50.1 Å². The van der Waals surface area contributed by atoms with Gasteiger partial charge in [-0.15, -0.1) is 0 Å². The van der Waals surface area contributed by atoms with Gasteiger partial charge in [-0.25, -0.2) is 4.39 Å². The predicted molar refractivity (Wildman–Crippen MR) is 77.5 cm³/mol. The van der Waals surface area contributed by atoms with E-state index in [1.165, 1.54) is 12.1 Å². The van der Waals surface area contributed by atoms with Crippen LogP contribution in [0.5, 0.6) is 0 Å². The first-order valence-corrected chi connectivity index (χ1v) is 7.41. The van der Waals surface area contributed by atoms with Crippen molar-refractivity contribution in [3.63, 3.8) is 0 Å². The first-order valence-electron chi connectivity index (χ1n) is 7.04. The average molecular weight is 310 g/mol. The van der Waals surface area contributed by atoms with Gasteiger partial charge < -0.3 is 4.74 Å². The summed E-state index contributed by atoms with van der Waals surface area (Å²) >= 11 is 5.93. The molecule has 0 saturated heterocycles. The number of carbonyl (C=O) groups is 1. The normalized spacial score (nSPS) is 22.2. The van der Waals surface area contributed by atoms with Crippen molar-refractivity contribution in [2.75, 3.05) is 6.61 Å². The minimum absolute atomic E-state index is 0.121. The van der Waals surface area contributed by atoms with Gasteiger partial charge in [0, 0.05) is 18.1 Å². The summed E-state index contributed by atoms with van der Waals surface area (Å²) in [5.41, 5.74) is 0.381. The molecule has 3 nitrogen and oxygen atoms in total. The third-order valence-corrected chi connectivity index (χ3v) is 4.14. The standard InChI is InChI=1S/C16H17ClFNO2/c1-2-21-12-5-10(6-12)7-16(20)14(9-19)13-4-3-11(18)8-15(13)17/h3-4,8,10,12,14H,2,5-7H2,1H3. The number of hydrogen-bond acceptors (Lipinski definition) is 3. The number of rotatable bonds is 6. The minimum atomic E-state index is -0.927. The van der Waals surface area contributed by atoms with E-state index < -0.39 is 11.7 Å². The highest BCUT2D eigenvalue weighted by molar-refractivity contribution is 6.31. The lowest BCUT2D eigenvalue weighted by Crippen LogP contribution is -2.33. The third-order valence-electron chi connectivity index (χ3n) is 3.81. The van der Waals surface area contributed by atoms with Gasteiger partial charge in [0.25, 0.3) is 0 Å². The van der Waals surface area contributed by atoms with Crippen LogP contribution < -0.4 is 0 Å². The van der Waals surface area contributed by atoms with Gasteiger partial charge in [0.2, 0.25) is 0 Å². The molecule has 0 bridgehead atoms. The molecule has 0 heterocycles. The maximum atomic E-state index is 13.0. The van der Waals surface area contributed by atoms with Crippen molar-refractivity contribution in [2.24, 2.45) is 5.92 Å². The Labute approximate surface area is 128 Å². The molecule has 0 amide bonds. The fourth-order valence-corrected chi connectivity index (χ4v) is 2.94. The van der Waals surface area contributed by atoms with Crippen LogP contribution in [0.3, 0.4) is 0 Å². The molecule has 1 aromatic rings. The van der Waals surface area contributed by atoms with Crippen molar-refractivity contribution in [3.05, 3.63) is 34.6 Å². The van der Waals surface area contributed by atoms with Crippen LogP contribution >= 0.6 is 11.6 Å². The van der Waals surface area contributed by atoms with Gasteiger partial charge in [0.05, 0.1) is 12.2 Å². The van der Waals surface area contributed by atoms with E-state index in [1.807, 2.05) is 13.0 Å². The zero-order valence-corrected chi connectivity index (χ0v) is 12.6. The first-order chi connectivity index (χ1) is 10.0. The Bertz CT molecular complexity index is 564. The van der Waals surface area contributed by atoms with Crippen molar-refractivity contribution < 1.29 is 13.9 Å². The second-order valence-corrected chi connectivity index (χ2v) is 5.72. The summed E-state index contributed by atoms with van der Waals surface area (Å²) in [5.74, 6) is -1.30. The predicted octanol–water partition coefficient (Wildman–Crippen LogP) is 3.86. The van der Waals surface area contributed by atoms with Crippen molar-refractivity contribution in [3.8, 4) is 6.07 Å². The van der Waals surface area contributed by atoms with Crippen molar-refractivity contribution in [2.45, 2.75) is 38.2 Å². The molecule has 1 aliphatic carbocycles. The van der Waals surface area contributed by atoms with Crippen LogP contribution in [0.15, 0.2) is 18.2 Å². The van der Waals surface area contributed by atoms with E-state index in [0.29, 0.717) is 18.6 Å². The number of nitriles is 1. The molecule has 0 aromatic heterocycles. The molecule has 1 fully saturated rings. The SMILES string of the molecule is CCOC1CC(CC(=O)C(C#N)c2ccc(F)cc2Cl)C1. The number of carbonyl (C=O) groups excluding carboxylic acids is 1. The Balaban J connectivity index is 1.98. The van der Waals surface area contributed by atoms with Crippen LogP contribution in [-0.2, 0) is 9.53 Å². The number of halogens is 2. The second kappa shape index (κ2) is 7.02. The van der Waals surface area contributed by atoms with Crippen LogP contribution in [0.4, 0.5) is 4.39 Å². The lowest BCUT2D eigenvalue weighted by atomic mass is 9.77. The highest BCUT2D eigenvalue weighted by atomic mass is 35.5. The summed E-state index contributed by atoms with van der Waals surface area (Å²) in [7, 11) is 0. The molecule has 21 heavy (non-hydrogen) atoms. The molecule has 1 aromatic carbocycles. The minimum Gasteiger partial charge on any atom is -0.378 e. The van der Waals surface area contributed by atoms with Crippen molar-refractivity contribution in [1.82, 2.24) is 0 Å². The van der Waals surface area contributed by atoms with Crippen molar-refractivity contribution >= 4 is 17.4 Å². The summed E-state index contributed by atoms with van der Waals surface area (Å²) in [4.78, 5) is 12.3. The summed E-state index contributed by atoms with van der Waals surface area (Å²) in [6.07, 6.45) is 2.29. The lowest BCUT2D eigenvalue weighted by molar-refractivity contribution is -0.122. The van der Waals surface area contributed by atoms with Gasteiger partial charge in [-0.3, -0.25) is 4.79 Å². The van der Waals surface area contributed by atoms with E-state index in [-0.39, 0.29) is 22.8 Å². The molecule has 1 unspecified atom stereocenters. The molecule has 1 aliphatic rings. The zero-order chi connectivity index (χ0) is 15.4. The number of hydrogen-bond donors (Lipinski definition) is 0. The first kappa shape index (κ1) is 15.9. The highest BCUT2D eigenvalue weighted by Gasteiger charge is 2.33. The van der Waals surface area contributed by atoms with Gasteiger partial charge in [-0.1, -0.05) is 17.7 Å². The molecule has 1 atom stereocenters. The molecule has 1 saturated carbocycles. The van der Waals surface area contributed by atoms with Gasteiger partial charge >= 0.3 is 0 Å². The van der Waals surface area contributed by atoms with Crippen LogP contribution in [-0.4, -0.2) is 18.5 Å². The van der Waals surface area contributed by atoms with E-state index in [4.69, 9.17) is 16.3 Å². The smallest absolute Gasteiger partial charge is 0.154 e. The summed E-state index contributed by atoms with van der Waals surface area (Å²) in [5, 5.41) is 9.36. The van der Waals surface area contributed by atoms with E-state index in [9.17, 15) is 14.4 Å². The molecule has 0 N–H and O–H groups in total. The van der Waals surface area contributed by atoms with Crippen LogP contribution in [0, 0.1) is 23.1 Å². The van der Waals surface area contributed by atoms with E-state index >= 15 is 0 Å². The fourth-order valence-electron chi connectivity index (χ4n) is 2.67. The largest absolute Gasteiger partial charge is 0.378 e.